The van der Waals surface area contributed by atoms with Crippen LogP contribution >= 0.6 is 0 Å². The number of ether oxygens (including phenoxy) is 1. The quantitative estimate of drug-likeness (QED) is 0.441. The van der Waals surface area contributed by atoms with Crippen molar-refractivity contribution in [2.75, 3.05) is 14.2 Å². The number of nitro groups is 1. The van der Waals surface area contributed by atoms with Crippen LogP contribution < -0.4 is 0 Å². The Morgan fingerprint density at radius 3 is 2.24 bits per heavy atom. The van der Waals surface area contributed by atoms with Crippen LogP contribution in [-0.4, -0.2) is 37.8 Å². The number of sulfonamides is 1. The number of benzene rings is 2. The topological polar surface area (TPSA) is 107 Å². The van der Waals surface area contributed by atoms with Crippen molar-refractivity contribution in [1.82, 2.24) is 4.31 Å². The second kappa shape index (κ2) is 7.41. The molecule has 0 aromatic heterocycles. The third kappa shape index (κ3) is 3.67. The number of para-hydroxylation sites is 1. The lowest BCUT2D eigenvalue weighted by Gasteiger charge is -2.25. The molecule has 0 N–H and O–H groups in total. The van der Waals surface area contributed by atoms with E-state index in [1.54, 1.807) is 30.3 Å². The number of esters is 1. The zero-order valence-electron chi connectivity index (χ0n) is 13.5. The van der Waals surface area contributed by atoms with Gasteiger partial charge >= 0.3 is 5.97 Å². The first-order valence-corrected chi connectivity index (χ1v) is 8.59. The average molecular weight is 364 g/mol. The lowest BCUT2D eigenvalue weighted by molar-refractivity contribution is -0.387. The summed E-state index contributed by atoms with van der Waals surface area (Å²) in [5.41, 5.74) is -0.176. The van der Waals surface area contributed by atoms with Crippen LogP contribution in [0.25, 0.3) is 0 Å². The molecule has 0 heterocycles. The van der Waals surface area contributed by atoms with Crippen LogP contribution in [0.2, 0.25) is 0 Å². The Morgan fingerprint density at radius 1 is 1.12 bits per heavy atom. The molecule has 0 fully saturated rings. The molecule has 0 bridgehead atoms. The standard InChI is InChI=1S/C16H16N2O6S/c1-17(15(16(19)24-2)12-8-4-3-5-9-12)25(22,23)14-11-7-6-10-13(14)18(20)21/h3-11,15H,1-2H3. The smallest absolute Gasteiger partial charge is 0.328 e. The van der Waals surface area contributed by atoms with Gasteiger partial charge in [-0.3, -0.25) is 10.1 Å². The van der Waals surface area contributed by atoms with Crippen molar-refractivity contribution in [3.8, 4) is 0 Å². The number of nitro benzene ring substituents is 1. The van der Waals surface area contributed by atoms with Gasteiger partial charge in [0.25, 0.3) is 15.7 Å². The van der Waals surface area contributed by atoms with Crippen molar-refractivity contribution in [3.05, 3.63) is 70.3 Å². The minimum Gasteiger partial charge on any atom is -0.468 e. The normalized spacial score (nSPS) is 12.6. The lowest BCUT2D eigenvalue weighted by atomic mass is 10.1. The molecule has 1 unspecified atom stereocenters. The molecule has 1 atom stereocenters. The molecule has 9 heteroatoms. The van der Waals surface area contributed by atoms with Gasteiger partial charge in [0.1, 0.15) is 6.04 Å². The van der Waals surface area contributed by atoms with E-state index >= 15 is 0 Å². The fourth-order valence-corrected chi connectivity index (χ4v) is 3.81. The summed E-state index contributed by atoms with van der Waals surface area (Å²) in [7, 11) is -2.00. The van der Waals surface area contributed by atoms with E-state index in [4.69, 9.17) is 4.74 Å². The van der Waals surface area contributed by atoms with Crippen molar-refractivity contribution in [1.29, 1.82) is 0 Å². The Labute approximate surface area is 144 Å². The van der Waals surface area contributed by atoms with Gasteiger partial charge in [-0.1, -0.05) is 42.5 Å². The Bertz CT molecular complexity index is 883. The van der Waals surface area contributed by atoms with Crippen LogP contribution in [0.15, 0.2) is 59.5 Å². The number of hydrogen-bond donors (Lipinski definition) is 0. The highest BCUT2D eigenvalue weighted by atomic mass is 32.2. The van der Waals surface area contributed by atoms with Gasteiger partial charge in [-0.15, -0.1) is 0 Å². The fourth-order valence-electron chi connectivity index (χ4n) is 2.36. The Balaban J connectivity index is 2.57. The molecule has 0 aliphatic carbocycles. The summed E-state index contributed by atoms with van der Waals surface area (Å²) in [5, 5.41) is 11.2. The predicted molar refractivity (Wildman–Crippen MR) is 89.2 cm³/mol. The van der Waals surface area contributed by atoms with Crippen molar-refractivity contribution >= 4 is 21.7 Å². The largest absolute Gasteiger partial charge is 0.468 e. The third-order valence-corrected chi connectivity index (χ3v) is 5.49. The summed E-state index contributed by atoms with van der Waals surface area (Å²) in [6.45, 7) is 0. The fraction of sp³-hybridized carbons (Fsp3) is 0.188. The highest BCUT2D eigenvalue weighted by Crippen LogP contribution is 2.31. The van der Waals surface area contributed by atoms with Gasteiger partial charge < -0.3 is 4.74 Å². The maximum atomic E-state index is 12.9. The Hall–Kier alpha value is -2.78. The highest BCUT2D eigenvalue weighted by Gasteiger charge is 2.38. The number of hydrogen-bond acceptors (Lipinski definition) is 6. The summed E-state index contributed by atoms with van der Waals surface area (Å²) in [5.74, 6) is -0.796. The number of carbonyl (C=O) groups is 1. The Morgan fingerprint density at radius 2 is 1.68 bits per heavy atom. The van der Waals surface area contributed by atoms with Crippen LogP contribution in [0.5, 0.6) is 0 Å². The van der Waals surface area contributed by atoms with Gasteiger partial charge in [0, 0.05) is 13.1 Å². The predicted octanol–water partition coefficient (Wildman–Crippen LogP) is 2.13. The SMILES string of the molecule is COC(=O)C(c1ccccc1)N(C)S(=O)(=O)c1ccccc1[N+](=O)[O-]. The number of methoxy groups -OCH3 is 1. The first kappa shape index (κ1) is 18.6. The van der Waals surface area contributed by atoms with E-state index in [-0.39, 0.29) is 0 Å². The number of nitrogens with zero attached hydrogens (tertiary/aromatic N) is 2. The van der Waals surface area contributed by atoms with E-state index in [9.17, 15) is 23.3 Å². The van der Waals surface area contributed by atoms with Gasteiger partial charge in [-0.05, 0) is 11.6 Å². The molecular weight excluding hydrogens is 348 g/mol. The molecule has 0 aliphatic rings. The van der Waals surface area contributed by atoms with E-state index < -0.39 is 37.5 Å². The molecule has 0 saturated carbocycles. The molecule has 2 rings (SSSR count). The number of likely N-dealkylation sites (N-methyl/N-ethyl adjacent to an activating group) is 1. The van der Waals surface area contributed by atoms with Crippen LogP contribution in [0, 0.1) is 10.1 Å². The molecule has 0 radical (unpaired) electrons. The van der Waals surface area contributed by atoms with Crippen LogP contribution in [0.3, 0.4) is 0 Å². The molecular formula is C16H16N2O6S. The van der Waals surface area contributed by atoms with Crippen molar-refractivity contribution < 1.29 is 22.9 Å². The summed E-state index contributed by atoms with van der Waals surface area (Å²) in [6.07, 6.45) is 0. The second-order valence-corrected chi connectivity index (χ2v) is 7.05. The summed E-state index contributed by atoms with van der Waals surface area (Å²) >= 11 is 0. The first-order chi connectivity index (χ1) is 11.8. The zero-order valence-corrected chi connectivity index (χ0v) is 14.3. The maximum absolute atomic E-state index is 12.9. The van der Waals surface area contributed by atoms with Gasteiger partial charge in [0.15, 0.2) is 4.90 Å². The van der Waals surface area contributed by atoms with Crippen LogP contribution in [0.4, 0.5) is 5.69 Å². The molecule has 0 aliphatic heterocycles. The van der Waals surface area contributed by atoms with E-state index in [1.165, 1.54) is 19.2 Å². The minimum absolute atomic E-state index is 0.388. The molecule has 0 spiro atoms. The second-order valence-electron chi connectivity index (χ2n) is 5.08. The summed E-state index contributed by atoms with van der Waals surface area (Å²) in [6, 6.07) is 11.9. The molecule has 0 saturated heterocycles. The van der Waals surface area contributed by atoms with E-state index in [1.807, 2.05) is 0 Å². The van der Waals surface area contributed by atoms with Gasteiger partial charge in [0.05, 0.1) is 12.0 Å². The average Bonchev–Trinajstić information content (AvgIpc) is 2.62. The molecule has 8 nitrogen and oxygen atoms in total. The van der Waals surface area contributed by atoms with Crippen molar-refractivity contribution in [3.63, 3.8) is 0 Å². The number of rotatable bonds is 6. The van der Waals surface area contributed by atoms with Crippen LogP contribution in [-0.2, 0) is 19.6 Å². The molecule has 25 heavy (non-hydrogen) atoms. The zero-order chi connectivity index (χ0) is 18.6. The van der Waals surface area contributed by atoms with Crippen molar-refractivity contribution in [2.24, 2.45) is 0 Å². The van der Waals surface area contributed by atoms with E-state index in [0.717, 1.165) is 23.5 Å². The van der Waals surface area contributed by atoms with Gasteiger partial charge in [-0.25, -0.2) is 13.2 Å². The molecule has 2 aromatic carbocycles. The maximum Gasteiger partial charge on any atom is 0.328 e. The Kier molecular flexibility index (Phi) is 5.50. The van der Waals surface area contributed by atoms with Gasteiger partial charge in [-0.2, -0.15) is 4.31 Å². The highest BCUT2D eigenvalue weighted by molar-refractivity contribution is 7.89. The third-order valence-electron chi connectivity index (χ3n) is 3.62. The van der Waals surface area contributed by atoms with Gasteiger partial charge in [0.2, 0.25) is 0 Å². The molecule has 2 aromatic rings. The molecule has 132 valence electrons. The van der Waals surface area contributed by atoms with E-state index in [0.29, 0.717) is 5.56 Å². The van der Waals surface area contributed by atoms with E-state index in [2.05, 4.69) is 0 Å². The minimum atomic E-state index is -4.33. The molecule has 0 amide bonds. The monoisotopic (exact) mass is 364 g/mol. The first-order valence-electron chi connectivity index (χ1n) is 7.15. The number of carbonyl (C=O) groups excluding carboxylic acids is 1. The summed E-state index contributed by atoms with van der Waals surface area (Å²) in [4.78, 5) is 22.1. The summed E-state index contributed by atoms with van der Waals surface area (Å²) < 4.78 is 31.3. The van der Waals surface area contributed by atoms with Crippen LogP contribution in [0.1, 0.15) is 11.6 Å². The lowest BCUT2D eigenvalue weighted by Crippen LogP contribution is -2.36. The van der Waals surface area contributed by atoms with Crippen molar-refractivity contribution in [2.45, 2.75) is 10.9 Å².